The number of aryl methyl sites for hydroxylation is 1. The number of nitrogens with zero attached hydrogens (tertiary/aromatic N) is 2. The van der Waals surface area contributed by atoms with Gasteiger partial charge in [-0.2, -0.15) is 5.10 Å². The van der Waals surface area contributed by atoms with E-state index in [1.54, 1.807) is 10.7 Å². The maximum Gasteiger partial charge on any atom is 0.417 e. The summed E-state index contributed by atoms with van der Waals surface area (Å²) in [7, 11) is 1.88. The van der Waals surface area contributed by atoms with Gasteiger partial charge in [-0.25, -0.2) is 4.79 Å². The van der Waals surface area contributed by atoms with Crippen molar-refractivity contribution in [3.05, 3.63) is 46.7 Å². The minimum atomic E-state index is -0.436. The van der Waals surface area contributed by atoms with Gasteiger partial charge in [0.25, 0.3) is 0 Å². The summed E-state index contributed by atoms with van der Waals surface area (Å²) in [6.07, 6.45) is 3.76. The van der Waals surface area contributed by atoms with Crippen molar-refractivity contribution in [3.8, 4) is 0 Å². The Morgan fingerprint density at radius 3 is 3.17 bits per heavy atom. The lowest BCUT2D eigenvalue weighted by Crippen LogP contribution is -1.98. The van der Waals surface area contributed by atoms with Crippen LogP contribution in [0.15, 0.2) is 39.8 Å². The van der Waals surface area contributed by atoms with Gasteiger partial charge >= 0.3 is 5.76 Å². The summed E-state index contributed by atoms with van der Waals surface area (Å²) < 4.78 is 6.69. The highest BCUT2D eigenvalue weighted by molar-refractivity contribution is 5.76. The lowest BCUT2D eigenvalue weighted by Gasteiger charge is -2.03. The zero-order valence-electron chi connectivity index (χ0n) is 9.80. The number of nitrogens with one attached hydrogen (secondary N) is 2. The molecule has 3 rings (SSSR count). The van der Waals surface area contributed by atoms with Crippen molar-refractivity contribution in [1.29, 1.82) is 0 Å². The molecule has 0 unspecified atom stereocenters. The highest BCUT2D eigenvalue weighted by Gasteiger charge is 2.02. The number of fused-ring (bicyclic) bond motifs is 1. The molecule has 1 aromatic carbocycles. The third-order valence-electron chi connectivity index (χ3n) is 2.67. The Morgan fingerprint density at radius 2 is 2.39 bits per heavy atom. The topological polar surface area (TPSA) is 75.8 Å². The van der Waals surface area contributed by atoms with Gasteiger partial charge in [0.1, 0.15) is 0 Å². The van der Waals surface area contributed by atoms with Crippen molar-refractivity contribution in [1.82, 2.24) is 14.8 Å². The Labute approximate surface area is 102 Å². The molecule has 6 heteroatoms. The molecule has 0 bridgehead atoms. The van der Waals surface area contributed by atoms with E-state index < -0.39 is 5.76 Å². The quantitative estimate of drug-likeness (QED) is 0.731. The fourth-order valence-corrected chi connectivity index (χ4v) is 1.83. The number of aromatic nitrogens is 3. The maximum atomic E-state index is 11.0. The van der Waals surface area contributed by atoms with Gasteiger partial charge in [0.15, 0.2) is 5.58 Å². The SMILES string of the molecule is Cn1cc(CNc2ccc3oc(=O)[nH]c3c2)cn1. The molecule has 0 spiro atoms. The molecule has 2 aromatic heterocycles. The number of rotatable bonds is 3. The van der Waals surface area contributed by atoms with E-state index in [0.29, 0.717) is 17.6 Å². The number of hydrogen-bond donors (Lipinski definition) is 2. The molecule has 0 aliphatic rings. The first-order chi connectivity index (χ1) is 8.70. The summed E-state index contributed by atoms with van der Waals surface area (Å²) in [6.45, 7) is 0.682. The van der Waals surface area contributed by atoms with Crippen LogP contribution in [0.4, 0.5) is 5.69 Å². The fourth-order valence-electron chi connectivity index (χ4n) is 1.83. The molecule has 3 aromatic rings. The second-order valence-electron chi connectivity index (χ2n) is 4.10. The van der Waals surface area contributed by atoms with Crippen molar-refractivity contribution in [2.75, 3.05) is 5.32 Å². The summed E-state index contributed by atoms with van der Waals surface area (Å²) in [4.78, 5) is 13.7. The van der Waals surface area contributed by atoms with Crippen LogP contribution in [0.1, 0.15) is 5.56 Å². The van der Waals surface area contributed by atoms with E-state index in [9.17, 15) is 4.79 Å². The van der Waals surface area contributed by atoms with Gasteiger partial charge in [-0.05, 0) is 18.2 Å². The van der Waals surface area contributed by atoms with Gasteiger partial charge in [-0.3, -0.25) is 9.67 Å². The van der Waals surface area contributed by atoms with Gasteiger partial charge in [-0.15, -0.1) is 0 Å². The van der Waals surface area contributed by atoms with Gasteiger partial charge in [-0.1, -0.05) is 0 Å². The predicted molar refractivity (Wildman–Crippen MR) is 67.4 cm³/mol. The third kappa shape index (κ3) is 2.00. The molecule has 0 fully saturated rings. The van der Waals surface area contributed by atoms with E-state index in [1.807, 2.05) is 31.6 Å². The summed E-state index contributed by atoms with van der Waals surface area (Å²) >= 11 is 0. The molecule has 92 valence electrons. The summed E-state index contributed by atoms with van der Waals surface area (Å²) in [5.41, 5.74) is 3.27. The number of aromatic amines is 1. The van der Waals surface area contributed by atoms with Crippen LogP contribution in [0.3, 0.4) is 0 Å². The molecular weight excluding hydrogens is 232 g/mol. The second-order valence-corrected chi connectivity index (χ2v) is 4.10. The van der Waals surface area contributed by atoms with Gasteiger partial charge in [0.05, 0.1) is 11.7 Å². The largest absolute Gasteiger partial charge is 0.417 e. The highest BCUT2D eigenvalue weighted by Crippen LogP contribution is 2.16. The van der Waals surface area contributed by atoms with Crippen LogP contribution >= 0.6 is 0 Å². The second kappa shape index (κ2) is 4.06. The Bertz CT molecular complexity index is 738. The normalized spacial score (nSPS) is 10.9. The zero-order chi connectivity index (χ0) is 12.5. The molecule has 0 amide bonds. The fraction of sp³-hybridized carbons (Fsp3) is 0.167. The Hall–Kier alpha value is -2.50. The molecule has 6 nitrogen and oxygen atoms in total. The summed E-state index contributed by atoms with van der Waals surface area (Å²) in [6, 6.07) is 5.48. The maximum absolute atomic E-state index is 11.0. The van der Waals surface area contributed by atoms with E-state index >= 15 is 0 Å². The Kier molecular flexibility index (Phi) is 2.40. The van der Waals surface area contributed by atoms with E-state index in [4.69, 9.17) is 4.42 Å². The first kappa shape index (κ1) is 10.6. The smallest absolute Gasteiger partial charge is 0.408 e. The molecule has 0 aliphatic heterocycles. The third-order valence-corrected chi connectivity index (χ3v) is 2.67. The van der Waals surface area contributed by atoms with Crippen LogP contribution in [0, 0.1) is 0 Å². The van der Waals surface area contributed by atoms with Crippen LogP contribution in [0.2, 0.25) is 0 Å². The van der Waals surface area contributed by atoms with Crippen molar-refractivity contribution >= 4 is 16.8 Å². The summed E-state index contributed by atoms with van der Waals surface area (Å²) in [5.74, 6) is -0.436. The first-order valence-electron chi connectivity index (χ1n) is 5.55. The van der Waals surface area contributed by atoms with Crippen molar-refractivity contribution < 1.29 is 4.42 Å². The average molecular weight is 244 g/mol. The lowest BCUT2D eigenvalue weighted by molar-refractivity contribution is 0.555. The van der Waals surface area contributed by atoms with E-state index in [0.717, 1.165) is 11.3 Å². The molecule has 0 aliphatic carbocycles. The van der Waals surface area contributed by atoms with Gasteiger partial charge in [0.2, 0.25) is 0 Å². The number of anilines is 1. The zero-order valence-corrected chi connectivity index (χ0v) is 9.80. The van der Waals surface area contributed by atoms with Crippen molar-refractivity contribution in [2.24, 2.45) is 7.05 Å². The van der Waals surface area contributed by atoms with Crippen LogP contribution in [0.5, 0.6) is 0 Å². The average Bonchev–Trinajstić information content (AvgIpc) is 2.90. The molecule has 0 saturated carbocycles. The monoisotopic (exact) mass is 244 g/mol. The predicted octanol–water partition coefficient (Wildman–Crippen LogP) is 1.47. The molecule has 0 radical (unpaired) electrons. The Morgan fingerprint density at radius 1 is 1.50 bits per heavy atom. The van der Waals surface area contributed by atoms with Crippen LogP contribution in [-0.4, -0.2) is 14.8 Å². The van der Waals surface area contributed by atoms with Crippen molar-refractivity contribution in [3.63, 3.8) is 0 Å². The Balaban J connectivity index is 1.80. The lowest BCUT2D eigenvalue weighted by atomic mass is 10.2. The molecule has 2 heterocycles. The number of benzene rings is 1. The molecule has 2 N–H and O–H groups in total. The highest BCUT2D eigenvalue weighted by atomic mass is 16.4. The van der Waals surface area contributed by atoms with E-state index in [1.165, 1.54) is 0 Å². The summed E-state index contributed by atoms with van der Waals surface area (Å²) in [5, 5.41) is 7.35. The number of oxazole rings is 1. The first-order valence-corrected chi connectivity index (χ1v) is 5.55. The van der Waals surface area contributed by atoms with E-state index in [2.05, 4.69) is 15.4 Å². The van der Waals surface area contributed by atoms with E-state index in [-0.39, 0.29) is 0 Å². The molecular formula is C12H12N4O2. The van der Waals surface area contributed by atoms with Crippen LogP contribution < -0.4 is 11.1 Å². The van der Waals surface area contributed by atoms with Crippen molar-refractivity contribution in [2.45, 2.75) is 6.54 Å². The number of H-pyrrole nitrogens is 1. The minimum absolute atomic E-state index is 0.436. The standard InChI is InChI=1S/C12H12N4O2/c1-16-7-8(6-14-16)5-13-9-2-3-11-10(4-9)15-12(17)18-11/h2-4,6-7,13H,5H2,1H3,(H,15,17). The molecule has 18 heavy (non-hydrogen) atoms. The van der Waals surface area contributed by atoms with Gasteiger partial charge < -0.3 is 9.73 Å². The number of hydrogen-bond acceptors (Lipinski definition) is 4. The van der Waals surface area contributed by atoms with Gasteiger partial charge in [0, 0.05) is 31.0 Å². The molecule has 0 atom stereocenters. The minimum Gasteiger partial charge on any atom is -0.408 e. The molecule has 0 saturated heterocycles. The van der Waals surface area contributed by atoms with Crippen LogP contribution in [0.25, 0.3) is 11.1 Å². The van der Waals surface area contributed by atoms with Crippen LogP contribution in [-0.2, 0) is 13.6 Å².